The number of nitrogens with zero attached hydrogens (tertiary/aromatic N) is 1. The van der Waals surface area contributed by atoms with Crippen LogP contribution in [-0.2, 0) is 6.42 Å². The number of fused-ring (bicyclic) bond motifs is 1. The van der Waals surface area contributed by atoms with Gasteiger partial charge in [0.25, 0.3) is 5.91 Å². The van der Waals surface area contributed by atoms with E-state index in [2.05, 4.69) is 10.3 Å². The minimum absolute atomic E-state index is 0.0394. The van der Waals surface area contributed by atoms with Gasteiger partial charge in [0.2, 0.25) is 0 Å². The monoisotopic (exact) mass is 300 g/mol. The second-order valence-corrected chi connectivity index (χ2v) is 6.09. The van der Waals surface area contributed by atoms with Crippen LogP contribution in [-0.4, -0.2) is 17.4 Å². The van der Waals surface area contributed by atoms with E-state index in [-0.39, 0.29) is 5.91 Å². The first-order chi connectivity index (χ1) is 10.2. The summed E-state index contributed by atoms with van der Waals surface area (Å²) in [7, 11) is 0. The average Bonchev–Trinajstić information content (AvgIpc) is 3.10. The molecule has 0 saturated carbocycles. The number of benzene rings is 1. The molecule has 0 aliphatic carbocycles. The fourth-order valence-corrected chi connectivity index (χ4v) is 3.07. The molecule has 0 atom stereocenters. The Kier molecular flexibility index (Phi) is 4.01. The summed E-state index contributed by atoms with van der Waals surface area (Å²) in [5, 5.41) is 3.95. The Labute approximate surface area is 126 Å². The molecule has 2 aromatic heterocycles. The zero-order valence-corrected chi connectivity index (χ0v) is 12.6. The maximum absolute atomic E-state index is 12.1. The van der Waals surface area contributed by atoms with E-state index in [0.29, 0.717) is 12.1 Å². The molecular weight excluding hydrogens is 284 g/mol. The van der Waals surface area contributed by atoms with Crippen LogP contribution >= 0.6 is 11.3 Å². The average molecular weight is 300 g/mol. The SMILES string of the molecule is Cc1nc2ccc(C(=O)NCCCc3ccco3)cc2s1. The molecule has 0 bridgehead atoms. The standard InChI is InChI=1S/C16H16N2O2S/c1-11-18-14-7-6-12(10-15(14)21-11)16(19)17-8-2-4-13-5-3-9-20-13/h3,5-7,9-10H,2,4,8H2,1H3,(H,17,19). The lowest BCUT2D eigenvalue weighted by molar-refractivity contribution is 0.0953. The summed E-state index contributed by atoms with van der Waals surface area (Å²) in [4.78, 5) is 16.5. The molecule has 1 aromatic carbocycles. The maximum atomic E-state index is 12.1. The molecule has 0 saturated heterocycles. The molecule has 108 valence electrons. The zero-order valence-electron chi connectivity index (χ0n) is 11.8. The lowest BCUT2D eigenvalue weighted by Crippen LogP contribution is -2.24. The molecule has 0 aliphatic heterocycles. The number of hydrogen-bond acceptors (Lipinski definition) is 4. The van der Waals surface area contributed by atoms with Crippen molar-refractivity contribution in [3.05, 3.63) is 52.9 Å². The third kappa shape index (κ3) is 3.31. The van der Waals surface area contributed by atoms with E-state index in [1.165, 1.54) is 0 Å². The first kappa shape index (κ1) is 13.8. The highest BCUT2D eigenvalue weighted by atomic mass is 32.1. The normalized spacial score (nSPS) is 10.9. The molecule has 3 rings (SSSR count). The minimum Gasteiger partial charge on any atom is -0.469 e. The van der Waals surface area contributed by atoms with Gasteiger partial charge in [-0.3, -0.25) is 4.79 Å². The highest BCUT2D eigenvalue weighted by Gasteiger charge is 2.08. The zero-order chi connectivity index (χ0) is 14.7. The number of aromatic nitrogens is 1. The van der Waals surface area contributed by atoms with Crippen molar-refractivity contribution in [2.45, 2.75) is 19.8 Å². The van der Waals surface area contributed by atoms with Gasteiger partial charge in [-0.2, -0.15) is 0 Å². The first-order valence-electron chi connectivity index (χ1n) is 6.90. The maximum Gasteiger partial charge on any atom is 0.251 e. The largest absolute Gasteiger partial charge is 0.469 e. The highest BCUT2D eigenvalue weighted by molar-refractivity contribution is 7.18. The number of furan rings is 1. The smallest absolute Gasteiger partial charge is 0.251 e. The number of rotatable bonds is 5. The van der Waals surface area contributed by atoms with Gasteiger partial charge >= 0.3 is 0 Å². The predicted molar refractivity (Wildman–Crippen MR) is 83.7 cm³/mol. The second-order valence-electron chi connectivity index (χ2n) is 4.85. The van der Waals surface area contributed by atoms with Crippen LogP contribution in [0.5, 0.6) is 0 Å². The van der Waals surface area contributed by atoms with Crippen LogP contribution < -0.4 is 5.32 Å². The van der Waals surface area contributed by atoms with Crippen LogP contribution in [0.2, 0.25) is 0 Å². The summed E-state index contributed by atoms with van der Waals surface area (Å²) in [6.07, 6.45) is 3.36. The van der Waals surface area contributed by atoms with Gasteiger partial charge in [-0.15, -0.1) is 11.3 Å². The lowest BCUT2D eigenvalue weighted by Gasteiger charge is -2.04. The van der Waals surface area contributed by atoms with Crippen molar-refractivity contribution in [2.24, 2.45) is 0 Å². The number of thiazole rings is 1. The fraction of sp³-hybridized carbons (Fsp3) is 0.250. The topological polar surface area (TPSA) is 55.1 Å². The Morgan fingerprint density at radius 3 is 3.10 bits per heavy atom. The van der Waals surface area contributed by atoms with Crippen molar-refractivity contribution in [1.82, 2.24) is 10.3 Å². The number of amides is 1. The van der Waals surface area contributed by atoms with Gasteiger partial charge in [-0.05, 0) is 43.7 Å². The fourth-order valence-electron chi connectivity index (χ4n) is 2.20. The van der Waals surface area contributed by atoms with Gasteiger partial charge in [0.05, 0.1) is 21.5 Å². The molecule has 0 unspecified atom stereocenters. The Bertz CT molecular complexity index is 747. The van der Waals surface area contributed by atoms with E-state index >= 15 is 0 Å². The van der Waals surface area contributed by atoms with Gasteiger partial charge < -0.3 is 9.73 Å². The van der Waals surface area contributed by atoms with E-state index in [0.717, 1.165) is 33.8 Å². The van der Waals surface area contributed by atoms with Crippen molar-refractivity contribution in [1.29, 1.82) is 0 Å². The van der Waals surface area contributed by atoms with Crippen molar-refractivity contribution >= 4 is 27.5 Å². The molecule has 0 radical (unpaired) electrons. The molecular formula is C16H16N2O2S. The summed E-state index contributed by atoms with van der Waals surface area (Å²) in [5.74, 6) is 0.910. The lowest BCUT2D eigenvalue weighted by atomic mass is 10.2. The summed E-state index contributed by atoms with van der Waals surface area (Å²) >= 11 is 1.61. The van der Waals surface area contributed by atoms with Gasteiger partial charge in [0.1, 0.15) is 5.76 Å². The third-order valence-corrected chi connectivity index (χ3v) is 4.16. The van der Waals surface area contributed by atoms with E-state index in [4.69, 9.17) is 4.42 Å². The highest BCUT2D eigenvalue weighted by Crippen LogP contribution is 2.22. The second kappa shape index (κ2) is 6.10. The number of carbonyl (C=O) groups excluding carboxylic acids is 1. The van der Waals surface area contributed by atoms with E-state index < -0.39 is 0 Å². The summed E-state index contributed by atoms with van der Waals surface area (Å²) in [6.45, 7) is 2.61. The van der Waals surface area contributed by atoms with Crippen molar-refractivity contribution < 1.29 is 9.21 Å². The molecule has 5 heteroatoms. The number of hydrogen-bond donors (Lipinski definition) is 1. The number of nitrogens with one attached hydrogen (secondary N) is 1. The molecule has 2 heterocycles. The van der Waals surface area contributed by atoms with Gasteiger partial charge in [-0.1, -0.05) is 0 Å². The first-order valence-corrected chi connectivity index (χ1v) is 7.72. The summed E-state index contributed by atoms with van der Waals surface area (Å²) in [5.41, 5.74) is 1.64. The molecule has 0 aliphatic rings. The third-order valence-electron chi connectivity index (χ3n) is 3.22. The van der Waals surface area contributed by atoms with Crippen LogP contribution in [0.3, 0.4) is 0 Å². The molecule has 0 spiro atoms. The molecule has 21 heavy (non-hydrogen) atoms. The summed E-state index contributed by atoms with van der Waals surface area (Å²) < 4.78 is 6.31. The Balaban J connectivity index is 1.56. The molecule has 3 aromatic rings. The number of aryl methyl sites for hydroxylation is 2. The van der Waals surface area contributed by atoms with Crippen LogP contribution in [0.15, 0.2) is 41.0 Å². The molecule has 0 fully saturated rings. The van der Waals surface area contributed by atoms with Crippen LogP contribution in [0.25, 0.3) is 10.2 Å². The van der Waals surface area contributed by atoms with E-state index in [1.807, 2.05) is 37.3 Å². The Morgan fingerprint density at radius 1 is 1.38 bits per heavy atom. The number of carbonyl (C=O) groups is 1. The van der Waals surface area contributed by atoms with Gasteiger partial charge in [0, 0.05) is 18.5 Å². The molecule has 1 amide bonds. The van der Waals surface area contributed by atoms with Crippen molar-refractivity contribution in [3.63, 3.8) is 0 Å². The predicted octanol–water partition coefficient (Wildman–Crippen LogP) is 3.56. The molecule has 1 N–H and O–H groups in total. The Morgan fingerprint density at radius 2 is 2.29 bits per heavy atom. The van der Waals surface area contributed by atoms with Gasteiger partial charge in [-0.25, -0.2) is 4.98 Å². The van der Waals surface area contributed by atoms with Crippen molar-refractivity contribution in [2.75, 3.05) is 6.54 Å². The molecule has 4 nitrogen and oxygen atoms in total. The van der Waals surface area contributed by atoms with E-state index in [1.54, 1.807) is 17.6 Å². The van der Waals surface area contributed by atoms with Gasteiger partial charge in [0.15, 0.2) is 0 Å². The van der Waals surface area contributed by atoms with E-state index in [9.17, 15) is 4.79 Å². The van der Waals surface area contributed by atoms with Crippen LogP contribution in [0.4, 0.5) is 0 Å². The quantitative estimate of drug-likeness (QED) is 0.733. The van der Waals surface area contributed by atoms with Crippen molar-refractivity contribution in [3.8, 4) is 0 Å². The van der Waals surface area contributed by atoms with Crippen LogP contribution in [0, 0.1) is 6.92 Å². The summed E-state index contributed by atoms with van der Waals surface area (Å²) in [6, 6.07) is 9.45. The Hall–Kier alpha value is -2.14. The minimum atomic E-state index is -0.0394. The van der Waals surface area contributed by atoms with Crippen LogP contribution in [0.1, 0.15) is 27.5 Å².